The molecule has 3 amide bonds. The summed E-state index contributed by atoms with van der Waals surface area (Å²) >= 11 is 0. The quantitative estimate of drug-likeness (QED) is 0.871. The van der Waals surface area contributed by atoms with Gasteiger partial charge in [-0.25, -0.2) is 4.79 Å². The highest BCUT2D eigenvalue weighted by molar-refractivity contribution is 6.01. The molecule has 144 valence electrons. The molecule has 6 nitrogen and oxygen atoms in total. The van der Waals surface area contributed by atoms with E-state index in [4.69, 9.17) is 4.74 Å². The monoisotopic (exact) mass is 377 g/mol. The summed E-state index contributed by atoms with van der Waals surface area (Å²) in [6, 6.07) is 16.8. The fourth-order valence-corrected chi connectivity index (χ4v) is 3.73. The van der Waals surface area contributed by atoms with Crippen LogP contribution < -0.4 is 10.1 Å². The number of carbonyl (C=O) groups is 2. The Bertz CT molecular complexity index is 922. The summed E-state index contributed by atoms with van der Waals surface area (Å²) in [5, 5.41) is 2.96. The van der Waals surface area contributed by atoms with Crippen LogP contribution in [0.1, 0.15) is 24.1 Å². The fourth-order valence-electron chi connectivity index (χ4n) is 3.73. The summed E-state index contributed by atoms with van der Waals surface area (Å²) < 4.78 is 5.49. The highest BCUT2D eigenvalue weighted by atomic mass is 16.5. The van der Waals surface area contributed by atoms with Gasteiger partial charge in [-0.3, -0.25) is 9.69 Å². The van der Waals surface area contributed by atoms with Crippen LogP contribution in [-0.4, -0.2) is 41.9 Å². The van der Waals surface area contributed by atoms with E-state index in [-0.39, 0.29) is 11.9 Å². The second-order valence-corrected chi connectivity index (χ2v) is 6.95. The summed E-state index contributed by atoms with van der Waals surface area (Å²) in [5.74, 6) is 0.729. The van der Waals surface area contributed by atoms with Crippen molar-refractivity contribution in [3.8, 4) is 5.75 Å². The van der Waals surface area contributed by atoms with E-state index in [0.29, 0.717) is 25.3 Å². The lowest BCUT2D eigenvalue weighted by Crippen LogP contribution is -2.45. The van der Waals surface area contributed by atoms with Crippen molar-refractivity contribution in [2.45, 2.75) is 19.5 Å². The second kappa shape index (κ2) is 7.38. The molecule has 4 rings (SSSR count). The Balaban J connectivity index is 1.63. The van der Waals surface area contributed by atoms with Gasteiger partial charge in [0.15, 0.2) is 0 Å². The molecular weight excluding hydrogens is 354 g/mol. The van der Waals surface area contributed by atoms with E-state index in [1.807, 2.05) is 61.5 Å². The van der Waals surface area contributed by atoms with Crippen molar-refractivity contribution in [3.63, 3.8) is 0 Å². The van der Waals surface area contributed by atoms with Crippen molar-refractivity contribution in [2.24, 2.45) is 0 Å². The van der Waals surface area contributed by atoms with Crippen molar-refractivity contribution < 1.29 is 14.3 Å². The molecule has 2 aromatic carbocycles. The molecule has 0 fully saturated rings. The predicted octanol–water partition coefficient (Wildman–Crippen LogP) is 3.08. The largest absolute Gasteiger partial charge is 0.494 e. The molecule has 0 bridgehead atoms. The molecule has 1 N–H and O–H groups in total. The van der Waals surface area contributed by atoms with Crippen molar-refractivity contribution >= 4 is 11.9 Å². The molecule has 0 saturated heterocycles. The zero-order valence-corrected chi connectivity index (χ0v) is 16.0. The molecule has 0 aromatic heterocycles. The SMILES string of the molecule is CCOc1ccc([C@H]2NC(=O)N(C)C3=C2C(=O)N(Cc2ccccc2)C3)cc1. The van der Waals surface area contributed by atoms with E-state index in [1.54, 1.807) is 16.8 Å². The molecule has 0 radical (unpaired) electrons. The van der Waals surface area contributed by atoms with E-state index >= 15 is 0 Å². The van der Waals surface area contributed by atoms with Crippen LogP contribution in [0, 0.1) is 0 Å². The van der Waals surface area contributed by atoms with Gasteiger partial charge in [0.2, 0.25) is 0 Å². The van der Waals surface area contributed by atoms with E-state index in [0.717, 1.165) is 22.6 Å². The molecule has 2 heterocycles. The van der Waals surface area contributed by atoms with Crippen LogP contribution in [0.2, 0.25) is 0 Å². The van der Waals surface area contributed by atoms with Gasteiger partial charge in [0, 0.05) is 13.6 Å². The van der Waals surface area contributed by atoms with Gasteiger partial charge in [0.05, 0.1) is 30.5 Å². The molecule has 0 aliphatic carbocycles. The Morgan fingerprint density at radius 3 is 2.46 bits per heavy atom. The van der Waals surface area contributed by atoms with Crippen LogP contribution in [0.25, 0.3) is 0 Å². The van der Waals surface area contributed by atoms with E-state index < -0.39 is 6.04 Å². The fraction of sp³-hybridized carbons (Fsp3) is 0.273. The number of nitrogens with one attached hydrogen (secondary N) is 1. The Labute approximate surface area is 164 Å². The number of urea groups is 1. The zero-order chi connectivity index (χ0) is 19.7. The van der Waals surface area contributed by atoms with Crippen LogP contribution in [0.4, 0.5) is 4.79 Å². The van der Waals surface area contributed by atoms with Gasteiger partial charge in [-0.1, -0.05) is 42.5 Å². The summed E-state index contributed by atoms with van der Waals surface area (Å²) in [6.07, 6.45) is 0. The van der Waals surface area contributed by atoms with Gasteiger partial charge in [-0.15, -0.1) is 0 Å². The average Bonchev–Trinajstić information content (AvgIpc) is 3.03. The second-order valence-electron chi connectivity index (χ2n) is 6.95. The highest BCUT2D eigenvalue weighted by Gasteiger charge is 2.42. The number of amides is 3. The maximum Gasteiger partial charge on any atom is 0.322 e. The molecule has 0 spiro atoms. The molecule has 6 heteroatoms. The number of benzene rings is 2. The molecule has 1 atom stereocenters. The minimum absolute atomic E-state index is 0.0374. The Morgan fingerprint density at radius 2 is 1.79 bits per heavy atom. The maximum absolute atomic E-state index is 13.2. The van der Waals surface area contributed by atoms with Gasteiger partial charge in [-0.05, 0) is 30.2 Å². The first kappa shape index (κ1) is 18.1. The van der Waals surface area contributed by atoms with Gasteiger partial charge in [0.25, 0.3) is 5.91 Å². The summed E-state index contributed by atoms with van der Waals surface area (Å²) in [5.41, 5.74) is 3.34. The average molecular weight is 377 g/mol. The third-order valence-electron chi connectivity index (χ3n) is 5.18. The summed E-state index contributed by atoms with van der Waals surface area (Å²) in [6.45, 7) is 3.47. The van der Waals surface area contributed by atoms with Crippen molar-refractivity contribution in [1.29, 1.82) is 0 Å². The minimum Gasteiger partial charge on any atom is -0.494 e. The van der Waals surface area contributed by atoms with Crippen molar-refractivity contribution in [3.05, 3.63) is 77.0 Å². The minimum atomic E-state index is -0.456. The molecule has 0 saturated carbocycles. The normalized spacial score (nSPS) is 19.0. The Hall–Kier alpha value is -3.28. The molecule has 2 aliphatic heterocycles. The van der Waals surface area contributed by atoms with Gasteiger partial charge >= 0.3 is 6.03 Å². The molecule has 0 unspecified atom stereocenters. The first-order valence-corrected chi connectivity index (χ1v) is 9.41. The molecule has 2 aliphatic rings. The van der Waals surface area contributed by atoms with Crippen molar-refractivity contribution in [2.75, 3.05) is 20.2 Å². The number of likely N-dealkylation sites (N-methyl/N-ethyl adjacent to an activating group) is 1. The number of rotatable bonds is 5. The first-order valence-electron chi connectivity index (χ1n) is 9.41. The topological polar surface area (TPSA) is 61.9 Å². The van der Waals surface area contributed by atoms with Crippen LogP contribution in [0.15, 0.2) is 65.9 Å². The smallest absolute Gasteiger partial charge is 0.322 e. The predicted molar refractivity (Wildman–Crippen MR) is 106 cm³/mol. The number of ether oxygens (including phenoxy) is 1. The van der Waals surface area contributed by atoms with Crippen molar-refractivity contribution in [1.82, 2.24) is 15.1 Å². The van der Waals surface area contributed by atoms with Gasteiger partial charge in [0.1, 0.15) is 5.75 Å². The lowest BCUT2D eigenvalue weighted by atomic mass is 9.95. The van der Waals surface area contributed by atoms with Crippen LogP contribution in [0.5, 0.6) is 5.75 Å². The standard InChI is InChI=1S/C22H23N3O3/c1-3-28-17-11-9-16(10-12-17)20-19-18(24(2)22(27)23-20)14-25(21(19)26)13-15-7-5-4-6-8-15/h4-12,20H,3,13-14H2,1-2H3,(H,23,27)/t20-/m1/s1. The van der Waals surface area contributed by atoms with Gasteiger partial charge in [-0.2, -0.15) is 0 Å². The Kier molecular flexibility index (Phi) is 4.77. The van der Waals surface area contributed by atoms with Crippen LogP contribution >= 0.6 is 0 Å². The maximum atomic E-state index is 13.2. The summed E-state index contributed by atoms with van der Waals surface area (Å²) in [7, 11) is 1.71. The lowest BCUT2D eigenvalue weighted by molar-refractivity contribution is -0.126. The number of carbonyl (C=O) groups excluding carboxylic acids is 2. The van der Waals surface area contributed by atoms with Gasteiger partial charge < -0.3 is 15.0 Å². The van der Waals surface area contributed by atoms with E-state index in [9.17, 15) is 9.59 Å². The third-order valence-corrected chi connectivity index (χ3v) is 5.18. The lowest BCUT2D eigenvalue weighted by Gasteiger charge is -2.31. The van der Waals surface area contributed by atoms with Crippen LogP contribution in [-0.2, 0) is 11.3 Å². The first-order chi connectivity index (χ1) is 13.6. The molecule has 2 aromatic rings. The zero-order valence-electron chi connectivity index (χ0n) is 16.0. The number of nitrogens with zero attached hydrogens (tertiary/aromatic N) is 2. The Morgan fingerprint density at radius 1 is 1.07 bits per heavy atom. The van der Waals surface area contributed by atoms with E-state index in [2.05, 4.69) is 5.32 Å². The third kappa shape index (κ3) is 3.22. The number of hydrogen-bond acceptors (Lipinski definition) is 3. The molecular formula is C22H23N3O3. The highest BCUT2D eigenvalue weighted by Crippen LogP contribution is 2.36. The number of hydrogen-bond donors (Lipinski definition) is 1. The van der Waals surface area contributed by atoms with E-state index in [1.165, 1.54) is 0 Å². The molecule has 28 heavy (non-hydrogen) atoms. The van der Waals surface area contributed by atoms with Crippen LogP contribution in [0.3, 0.4) is 0 Å². The summed E-state index contributed by atoms with van der Waals surface area (Å²) in [4.78, 5) is 29.0.